The number of piperidine rings is 1. The number of carbonyl (C=O) groups excluding carboxylic acids is 1. The van der Waals surface area contributed by atoms with Crippen LogP contribution in [0.3, 0.4) is 0 Å². The lowest BCUT2D eigenvalue weighted by molar-refractivity contribution is 0.224. The third-order valence-electron chi connectivity index (χ3n) is 2.40. The number of likely N-dealkylation sites (tertiary alicyclic amines) is 1. The molecule has 4 nitrogen and oxygen atoms in total. The number of carbonyl (C=O) groups is 1. The molecule has 76 valence electrons. The van der Waals surface area contributed by atoms with Gasteiger partial charge in [-0.1, -0.05) is 6.42 Å². The molecule has 1 fully saturated rings. The quantitative estimate of drug-likeness (QED) is 0.628. The number of urea groups is 1. The van der Waals surface area contributed by atoms with E-state index in [2.05, 4.69) is 10.2 Å². The summed E-state index contributed by atoms with van der Waals surface area (Å²) in [6, 6.07) is -0.418. The minimum absolute atomic E-state index is 0.418. The molecule has 0 spiro atoms. The van der Waals surface area contributed by atoms with Gasteiger partial charge in [-0.15, -0.1) is 0 Å². The van der Waals surface area contributed by atoms with Gasteiger partial charge in [0.15, 0.2) is 0 Å². The number of rotatable bonds is 4. The zero-order chi connectivity index (χ0) is 9.52. The fourth-order valence-corrected chi connectivity index (χ4v) is 1.70. The molecule has 0 aromatic rings. The van der Waals surface area contributed by atoms with Gasteiger partial charge < -0.3 is 16.0 Å². The molecule has 2 amide bonds. The maximum Gasteiger partial charge on any atom is 0.312 e. The van der Waals surface area contributed by atoms with Gasteiger partial charge in [-0.25, -0.2) is 4.79 Å². The van der Waals surface area contributed by atoms with Crippen LogP contribution in [0.5, 0.6) is 0 Å². The van der Waals surface area contributed by atoms with E-state index in [1.165, 1.54) is 32.4 Å². The molecule has 0 radical (unpaired) electrons. The Bertz CT molecular complexity index is 155. The molecule has 4 heteroatoms. The predicted octanol–water partition coefficient (Wildman–Crippen LogP) is 0.531. The number of amides is 2. The topological polar surface area (TPSA) is 58.4 Å². The maximum atomic E-state index is 10.3. The highest BCUT2D eigenvalue weighted by molar-refractivity contribution is 5.71. The Morgan fingerprint density at radius 1 is 1.31 bits per heavy atom. The zero-order valence-electron chi connectivity index (χ0n) is 8.09. The van der Waals surface area contributed by atoms with Crippen molar-refractivity contribution in [3.8, 4) is 0 Å². The van der Waals surface area contributed by atoms with Crippen LogP contribution in [0, 0.1) is 0 Å². The van der Waals surface area contributed by atoms with E-state index < -0.39 is 6.03 Å². The van der Waals surface area contributed by atoms with Crippen LogP contribution in [0.4, 0.5) is 4.79 Å². The molecule has 0 bridgehead atoms. The zero-order valence-corrected chi connectivity index (χ0v) is 8.09. The molecule has 0 atom stereocenters. The van der Waals surface area contributed by atoms with E-state index in [1.54, 1.807) is 0 Å². The van der Waals surface area contributed by atoms with Gasteiger partial charge in [0.25, 0.3) is 0 Å². The molecule has 3 N–H and O–H groups in total. The summed E-state index contributed by atoms with van der Waals surface area (Å²) in [5, 5.41) is 2.60. The summed E-state index contributed by atoms with van der Waals surface area (Å²) in [5.41, 5.74) is 4.95. The van der Waals surface area contributed by atoms with Gasteiger partial charge in [-0.2, -0.15) is 0 Å². The molecule has 1 saturated heterocycles. The summed E-state index contributed by atoms with van der Waals surface area (Å²) in [4.78, 5) is 12.8. The van der Waals surface area contributed by atoms with Crippen LogP contribution in [0.15, 0.2) is 0 Å². The lowest BCUT2D eigenvalue weighted by Crippen LogP contribution is -2.34. The first-order valence-corrected chi connectivity index (χ1v) is 5.05. The average Bonchev–Trinajstić information content (AvgIpc) is 2.14. The van der Waals surface area contributed by atoms with E-state index in [9.17, 15) is 4.79 Å². The Labute approximate surface area is 79.5 Å². The summed E-state index contributed by atoms with van der Waals surface area (Å²) in [6.07, 6.45) is 5.02. The highest BCUT2D eigenvalue weighted by Crippen LogP contribution is 2.08. The number of hydrogen-bond acceptors (Lipinski definition) is 2. The van der Waals surface area contributed by atoms with Gasteiger partial charge in [0.05, 0.1) is 0 Å². The van der Waals surface area contributed by atoms with Crippen molar-refractivity contribution in [3.63, 3.8) is 0 Å². The summed E-state index contributed by atoms with van der Waals surface area (Å²) in [5.74, 6) is 0. The summed E-state index contributed by atoms with van der Waals surface area (Å²) >= 11 is 0. The molecule has 0 aliphatic carbocycles. The van der Waals surface area contributed by atoms with Crippen molar-refractivity contribution in [1.29, 1.82) is 0 Å². The fraction of sp³-hybridized carbons (Fsp3) is 0.889. The summed E-state index contributed by atoms with van der Waals surface area (Å²) < 4.78 is 0. The van der Waals surface area contributed by atoms with Crippen LogP contribution in [0.2, 0.25) is 0 Å². The Kier molecular flexibility index (Phi) is 4.60. The second-order valence-corrected chi connectivity index (χ2v) is 3.55. The van der Waals surface area contributed by atoms with E-state index >= 15 is 0 Å². The van der Waals surface area contributed by atoms with E-state index in [1.807, 2.05) is 0 Å². The van der Waals surface area contributed by atoms with Crippen molar-refractivity contribution in [2.24, 2.45) is 5.73 Å². The van der Waals surface area contributed by atoms with Gasteiger partial charge >= 0.3 is 6.03 Å². The van der Waals surface area contributed by atoms with Crippen molar-refractivity contribution >= 4 is 6.03 Å². The standard InChI is InChI=1S/C9H19N3O/c10-9(13)11-5-4-8-12-6-2-1-3-7-12/h1-8H2,(H3,10,11,13). The van der Waals surface area contributed by atoms with E-state index in [0.717, 1.165) is 13.0 Å². The van der Waals surface area contributed by atoms with Crippen molar-refractivity contribution in [2.45, 2.75) is 25.7 Å². The summed E-state index contributed by atoms with van der Waals surface area (Å²) in [6.45, 7) is 4.22. The third-order valence-corrected chi connectivity index (χ3v) is 2.40. The second-order valence-electron chi connectivity index (χ2n) is 3.55. The molecule has 1 heterocycles. The molecular weight excluding hydrogens is 166 g/mol. The highest BCUT2D eigenvalue weighted by atomic mass is 16.2. The SMILES string of the molecule is NC(=O)NCCCN1CCCCC1. The molecule has 1 aliphatic heterocycles. The van der Waals surface area contributed by atoms with E-state index in [4.69, 9.17) is 5.73 Å². The Morgan fingerprint density at radius 2 is 2.00 bits per heavy atom. The first-order chi connectivity index (χ1) is 6.29. The van der Waals surface area contributed by atoms with E-state index in [-0.39, 0.29) is 0 Å². The van der Waals surface area contributed by atoms with Crippen LogP contribution in [0.25, 0.3) is 0 Å². The molecular formula is C9H19N3O. The lowest BCUT2D eigenvalue weighted by atomic mass is 10.1. The minimum atomic E-state index is -0.418. The Morgan fingerprint density at radius 3 is 2.62 bits per heavy atom. The largest absolute Gasteiger partial charge is 0.352 e. The van der Waals surface area contributed by atoms with Crippen LogP contribution in [-0.4, -0.2) is 37.1 Å². The minimum Gasteiger partial charge on any atom is -0.352 e. The maximum absolute atomic E-state index is 10.3. The highest BCUT2D eigenvalue weighted by Gasteiger charge is 2.08. The second kappa shape index (κ2) is 5.80. The Hall–Kier alpha value is -0.770. The number of nitrogens with one attached hydrogen (secondary N) is 1. The predicted molar refractivity (Wildman–Crippen MR) is 52.5 cm³/mol. The number of hydrogen-bond donors (Lipinski definition) is 2. The lowest BCUT2D eigenvalue weighted by Gasteiger charge is -2.26. The van der Waals surface area contributed by atoms with Gasteiger partial charge in [0.1, 0.15) is 0 Å². The normalized spacial score (nSPS) is 18.5. The van der Waals surface area contributed by atoms with Crippen LogP contribution in [0.1, 0.15) is 25.7 Å². The average molecular weight is 185 g/mol. The fourth-order valence-electron chi connectivity index (χ4n) is 1.70. The number of nitrogens with two attached hydrogens (primary N) is 1. The molecule has 0 saturated carbocycles. The first kappa shape index (κ1) is 10.3. The van der Waals surface area contributed by atoms with Crippen molar-refractivity contribution in [2.75, 3.05) is 26.2 Å². The van der Waals surface area contributed by atoms with Crippen LogP contribution >= 0.6 is 0 Å². The van der Waals surface area contributed by atoms with Gasteiger partial charge in [-0.05, 0) is 38.9 Å². The molecule has 0 aromatic carbocycles. The number of primary amides is 1. The smallest absolute Gasteiger partial charge is 0.312 e. The van der Waals surface area contributed by atoms with Crippen molar-refractivity contribution in [1.82, 2.24) is 10.2 Å². The van der Waals surface area contributed by atoms with Gasteiger partial charge in [0.2, 0.25) is 0 Å². The molecule has 0 aromatic heterocycles. The van der Waals surface area contributed by atoms with E-state index in [0.29, 0.717) is 6.54 Å². The van der Waals surface area contributed by atoms with Crippen molar-refractivity contribution < 1.29 is 4.79 Å². The number of nitrogens with zero attached hydrogens (tertiary/aromatic N) is 1. The van der Waals surface area contributed by atoms with Gasteiger partial charge in [-0.3, -0.25) is 0 Å². The van der Waals surface area contributed by atoms with Gasteiger partial charge in [0, 0.05) is 6.54 Å². The molecule has 13 heavy (non-hydrogen) atoms. The Balaban J connectivity index is 1.95. The molecule has 0 unspecified atom stereocenters. The third kappa shape index (κ3) is 4.72. The molecule has 1 aliphatic rings. The molecule has 1 rings (SSSR count). The summed E-state index contributed by atoms with van der Waals surface area (Å²) in [7, 11) is 0. The van der Waals surface area contributed by atoms with Crippen LogP contribution < -0.4 is 11.1 Å². The monoisotopic (exact) mass is 185 g/mol. The van der Waals surface area contributed by atoms with Crippen LogP contribution in [-0.2, 0) is 0 Å². The first-order valence-electron chi connectivity index (χ1n) is 5.05. The van der Waals surface area contributed by atoms with Crippen molar-refractivity contribution in [3.05, 3.63) is 0 Å².